The molecule has 0 radical (unpaired) electrons. The monoisotopic (exact) mass is 411 g/mol. The Morgan fingerprint density at radius 1 is 1.07 bits per heavy atom. The first-order valence-corrected chi connectivity index (χ1v) is 9.74. The number of methoxy groups -OCH3 is 2. The summed E-state index contributed by atoms with van der Waals surface area (Å²) >= 11 is 1.18. The summed E-state index contributed by atoms with van der Waals surface area (Å²) < 4.78 is 10.3. The van der Waals surface area contributed by atoms with Gasteiger partial charge in [-0.05, 0) is 43.3 Å². The molecule has 1 amide bonds. The maximum Gasteiger partial charge on any atom is 0.252 e. The van der Waals surface area contributed by atoms with Crippen molar-refractivity contribution in [2.75, 3.05) is 19.5 Å². The Morgan fingerprint density at radius 3 is 2.48 bits per heavy atom. The third-order valence-electron chi connectivity index (χ3n) is 4.10. The SMILES string of the molecule is COc1ccc(-c2cc(=O)[nH]c(SC(C)C(=O)Nc3cccc(OC)c3)n2)cc1. The molecule has 0 fully saturated rings. The highest BCUT2D eigenvalue weighted by atomic mass is 32.2. The first kappa shape index (κ1) is 20.5. The molecule has 0 aliphatic carbocycles. The van der Waals surface area contributed by atoms with Crippen LogP contribution >= 0.6 is 11.8 Å². The van der Waals surface area contributed by atoms with Crippen LogP contribution in [0.4, 0.5) is 5.69 Å². The van der Waals surface area contributed by atoms with Crippen molar-refractivity contribution in [2.45, 2.75) is 17.3 Å². The molecule has 2 N–H and O–H groups in total. The number of aromatic nitrogens is 2. The van der Waals surface area contributed by atoms with Crippen molar-refractivity contribution in [3.8, 4) is 22.8 Å². The zero-order valence-electron chi connectivity index (χ0n) is 16.3. The van der Waals surface area contributed by atoms with Crippen LogP contribution in [0.25, 0.3) is 11.3 Å². The Hall–Kier alpha value is -3.26. The number of H-pyrrole nitrogens is 1. The van der Waals surface area contributed by atoms with E-state index in [1.165, 1.54) is 17.8 Å². The molecule has 2 aromatic carbocycles. The van der Waals surface area contributed by atoms with Gasteiger partial charge in [-0.25, -0.2) is 4.98 Å². The molecule has 3 aromatic rings. The molecule has 7 nitrogen and oxygen atoms in total. The highest BCUT2D eigenvalue weighted by molar-refractivity contribution is 8.00. The average molecular weight is 411 g/mol. The van der Waals surface area contributed by atoms with E-state index in [1.807, 2.05) is 12.1 Å². The number of thioether (sulfide) groups is 1. The van der Waals surface area contributed by atoms with Crippen LogP contribution in [0.2, 0.25) is 0 Å². The Bertz CT molecular complexity index is 1050. The van der Waals surface area contributed by atoms with E-state index in [9.17, 15) is 9.59 Å². The largest absolute Gasteiger partial charge is 0.497 e. The van der Waals surface area contributed by atoms with Gasteiger partial charge in [0.2, 0.25) is 5.91 Å². The lowest BCUT2D eigenvalue weighted by Gasteiger charge is -2.12. The zero-order chi connectivity index (χ0) is 20.8. The smallest absolute Gasteiger partial charge is 0.252 e. The second-order valence-corrected chi connectivity index (χ2v) is 7.48. The number of amides is 1. The molecule has 29 heavy (non-hydrogen) atoms. The second kappa shape index (κ2) is 9.29. The highest BCUT2D eigenvalue weighted by Gasteiger charge is 2.17. The van der Waals surface area contributed by atoms with E-state index in [2.05, 4.69) is 15.3 Å². The van der Waals surface area contributed by atoms with Crippen LogP contribution in [0.3, 0.4) is 0 Å². The maximum absolute atomic E-state index is 12.5. The van der Waals surface area contributed by atoms with Crippen molar-refractivity contribution < 1.29 is 14.3 Å². The Morgan fingerprint density at radius 2 is 1.79 bits per heavy atom. The number of ether oxygens (including phenoxy) is 2. The molecular weight excluding hydrogens is 390 g/mol. The van der Waals surface area contributed by atoms with Crippen LogP contribution in [0.5, 0.6) is 11.5 Å². The van der Waals surface area contributed by atoms with Crippen molar-refractivity contribution in [2.24, 2.45) is 0 Å². The lowest BCUT2D eigenvalue weighted by atomic mass is 10.1. The third-order valence-corrected chi connectivity index (χ3v) is 5.08. The number of nitrogens with zero attached hydrogens (tertiary/aromatic N) is 1. The summed E-state index contributed by atoms with van der Waals surface area (Å²) in [6.45, 7) is 1.75. The molecule has 0 saturated carbocycles. The maximum atomic E-state index is 12.5. The van der Waals surface area contributed by atoms with Gasteiger partial charge in [0, 0.05) is 23.4 Å². The molecule has 0 saturated heterocycles. The van der Waals surface area contributed by atoms with E-state index in [0.29, 0.717) is 22.3 Å². The molecule has 150 valence electrons. The molecule has 1 heterocycles. The van der Waals surface area contributed by atoms with Crippen LogP contribution in [-0.2, 0) is 4.79 Å². The number of hydrogen-bond donors (Lipinski definition) is 2. The summed E-state index contributed by atoms with van der Waals surface area (Å²) in [5.41, 5.74) is 1.66. The van der Waals surface area contributed by atoms with E-state index in [4.69, 9.17) is 9.47 Å². The summed E-state index contributed by atoms with van der Waals surface area (Å²) in [7, 11) is 3.16. The standard InChI is InChI=1S/C21H21N3O4S/c1-13(20(26)22-15-5-4-6-17(11-15)28-3)29-21-23-18(12-19(25)24-21)14-7-9-16(27-2)10-8-14/h4-13H,1-3H3,(H,22,26)(H,23,24,25). The number of anilines is 1. The molecule has 3 rings (SSSR count). The van der Waals surface area contributed by atoms with Crippen molar-refractivity contribution in [1.82, 2.24) is 9.97 Å². The number of hydrogen-bond acceptors (Lipinski definition) is 6. The number of benzene rings is 2. The van der Waals surface area contributed by atoms with Gasteiger partial charge < -0.3 is 19.8 Å². The van der Waals surface area contributed by atoms with Gasteiger partial charge in [-0.2, -0.15) is 0 Å². The summed E-state index contributed by atoms with van der Waals surface area (Å²) in [5, 5.41) is 2.73. The molecule has 1 atom stereocenters. The van der Waals surface area contributed by atoms with Crippen LogP contribution in [0, 0.1) is 0 Å². The highest BCUT2D eigenvalue weighted by Crippen LogP contribution is 2.25. The van der Waals surface area contributed by atoms with Gasteiger partial charge in [0.1, 0.15) is 11.5 Å². The number of nitrogens with one attached hydrogen (secondary N) is 2. The molecule has 8 heteroatoms. The fraction of sp³-hybridized carbons (Fsp3) is 0.190. The molecule has 0 bridgehead atoms. The van der Waals surface area contributed by atoms with E-state index in [-0.39, 0.29) is 11.5 Å². The number of carbonyl (C=O) groups is 1. The van der Waals surface area contributed by atoms with Gasteiger partial charge in [-0.3, -0.25) is 9.59 Å². The summed E-state index contributed by atoms with van der Waals surface area (Å²) in [5.74, 6) is 1.16. The van der Waals surface area contributed by atoms with E-state index in [0.717, 1.165) is 11.3 Å². The van der Waals surface area contributed by atoms with E-state index in [1.54, 1.807) is 57.5 Å². The fourth-order valence-electron chi connectivity index (χ4n) is 2.57. The first-order chi connectivity index (χ1) is 14.0. The minimum atomic E-state index is -0.476. The number of rotatable bonds is 7. The molecule has 1 aromatic heterocycles. The zero-order valence-corrected chi connectivity index (χ0v) is 17.1. The normalized spacial score (nSPS) is 11.6. The van der Waals surface area contributed by atoms with Crippen LogP contribution in [0.15, 0.2) is 64.5 Å². The van der Waals surface area contributed by atoms with Crippen molar-refractivity contribution >= 4 is 23.4 Å². The quantitative estimate of drug-likeness (QED) is 0.456. The Kier molecular flexibility index (Phi) is 6.56. The van der Waals surface area contributed by atoms with Gasteiger partial charge >= 0.3 is 0 Å². The van der Waals surface area contributed by atoms with E-state index < -0.39 is 5.25 Å². The Labute approximate surface area is 172 Å². The van der Waals surface area contributed by atoms with Crippen molar-refractivity contribution in [3.05, 3.63) is 65.0 Å². The van der Waals surface area contributed by atoms with Gasteiger partial charge in [-0.15, -0.1) is 0 Å². The summed E-state index contributed by atoms with van der Waals surface area (Å²) in [4.78, 5) is 31.8. The van der Waals surface area contributed by atoms with Gasteiger partial charge in [0.15, 0.2) is 5.16 Å². The average Bonchev–Trinajstić information content (AvgIpc) is 2.73. The summed E-state index contributed by atoms with van der Waals surface area (Å²) in [6.07, 6.45) is 0. The Balaban J connectivity index is 1.73. The minimum absolute atomic E-state index is 0.208. The van der Waals surface area contributed by atoms with Crippen LogP contribution in [0.1, 0.15) is 6.92 Å². The predicted octanol–water partition coefficient (Wildman–Crippen LogP) is 3.57. The lowest BCUT2D eigenvalue weighted by Crippen LogP contribution is -2.23. The minimum Gasteiger partial charge on any atom is -0.497 e. The first-order valence-electron chi connectivity index (χ1n) is 8.86. The lowest BCUT2D eigenvalue weighted by molar-refractivity contribution is -0.115. The molecule has 0 aliphatic heterocycles. The summed E-state index contributed by atoms with van der Waals surface area (Å²) in [6, 6.07) is 15.8. The molecular formula is C21H21N3O4S. The molecule has 0 spiro atoms. The van der Waals surface area contributed by atoms with Crippen molar-refractivity contribution in [1.29, 1.82) is 0 Å². The number of aromatic amines is 1. The van der Waals surface area contributed by atoms with Crippen molar-refractivity contribution in [3.63, 3.8) is 0 Å². The number of carbonyl (C=O) groups excluding carboxylic acids is 1. The third kappa shape index (κ3) is 5.39. The fourth-order valence-corrected chi connectivity index (χ4v) is 3.38. The van der Waals surface area contributed by atoms with Crippen LogP contribution in [-0.4, -0.2) is 35.3 Å². The molecule has 1 unspecified atom stereocenters. The van der Waals surface area contributed by atoms with Gasteiger partial charge in [-0.1, -0.05) is 17.8 Å². The van der Waals surface area contributed by atoms with Gasteiger partial charge in [0.25, 0.3) is 5.56 Å². The topological polar surface area (TPSA) is 93.3 Å². The van der Waals surface area contributed by atoms with Gasteiger partial charge in [0.05, 0.1) is 25.2 Å². The molecule has 0 aliphatic rings. The van der Waals surface area contributed by atoms with E-state index >= 15 is 0 Å². The predicted molar refractivity (Wildman–Crippen MR) is 114 cm³/mol. The van der Waals surface area contributed by atoms with Crippen LogP contribution < -0.4 is 20.3 Å². The second-order valence-electron chi connectivity index (χ2n) is 6.15.